The Balaban J connectivity index is 1.78. The van der Waals surface area contributed by atoms with Crippen molar-refractivity contribution in [2.45, 2.75) is 13.8 Å². The molecule has 0 atom stereocenters. The fourth-order valence-corrected chi connectivity index (χ4v) is 3.53. The smallest absolute Gasteiger partial charge is 0.254 e. The van der Waals surface area contributed by atoms with Crippen LogP contribution in [0.1, 0.15) is 11.5 Å². The van der Waals surface area contributed by atoms with Gasteiger partial charge >= 0.3 is 0 Å². The molecule has 0 fully saturated rings. The van der Waals surface area contributed by atoms with Crippen LogP contribution in [0.25, 0.3) is 39.9 Å². The van der Waals surface area contributed by atoms with Gasteiger partial charge in [0.2, 0.25) is 0 Å². The maximum absolute atomic E-state index is 5.94. The first-order valence-corrected chi connectivity index (χ1v) is 9.69. The molecule has 0 spiro atoms. The number of furan rings is 2. The lowest BCUT2D eigenvalue weighted by Crippen LogP contribution is -2.00. The van der Waals surface area contributed by atoms with Crippen LogP contribution in [0.2, 0.25) is 0 Å². The summed E-state index contributed by atoms with van der Waals surface area (Å²) in [6.45, 7) is 3.78. The molecule has 0 amide bonds. The number of benzene rings is 1. The Morgan fingerprint density at radius 1 is 0.839 bits per heavy atom. The van der Waals surface area contributed by atoms with E-state index in [0.717, 1.165) is 17.1 Å². The number of nitrogens with zero attached hydrogens (tertiary/aromatic N) is 4. The number of hydrogen-bond donors (Lipinski definition) is 0. The van der Waals surface area contributed by atoms with Crippen molar-refractivity contribution in [3.63, 3.8) is 0 Å². The molecule has 4 aromatic heterocycles. The van der Waals surface area contributed by atoms with Crippen molar-refractivity contribution in [3.8, 4) is 45.7 Å². The fraction of sp³-hybridized carbons (Fsp3) is 0.174. The highest BCUT2D eigenvalue weighted by Crippen LogP contribution is 2.36. The van der Waals surface area contributed by atoms with Crippen molar-refractivity contribution >= 4 is 5.78 Å². The maximum Gasteiger partial charge on any atom is 0.254 e. The predicted octanol–water partition coefficient (Wildman–Crippen LogP) is 4.95. The summed E-state index contributed by atoms with van der Waals surface area (Å²) in [5.74, 6) is 4.62. The van der Waals surface area contributed by atoms with Gasteiger partial charge in [-0.05, 0) is 56.3 Å². The molecule has 4 heterocycles. The number of hydrogen-bond acceptors (Lipinski definition) is 7. The average Bonchev–Trinajstić information content (AvgIpc) is 3.51. The van der Waals surface area contributed by atoms with Gasteiger partial charge in [0.25, 0.3) is 5.78 Å². The van der Waals surface area contributed by atoms with Crippen molar-refractivity contribution in [1.82, 2.24) is 19.6 Å². The van der Waals surface area contributed by atoms with Crippen LogP contribution in [-0.2, 0) is 0 Å². The summed E-state index contributed by atoms with van der Waals surface area (Å²) in [4.78, 5) is 4.68. The molecule has 0 aliphatic heterocycles. The highest BCUT2D eigenvalue weighted by atomic mass is 16.5. The van der Waals surface area contributed by atoms with E-state index in [1.54, 1.807) is 14.2 Å². The molecule has 0 saturated heterocycles. The van der Waals surface area contributed by atoms with Crippen molar-refractivity contribution in [2.75, 3.05) is 14.2 Å². The molecule has 0 unspecified atom stereocenters. The summed E-state index contributed by atoms with van der Waals surface area (Å²) in [7, 11) is 3.24. The Labute approximate surface area is 178 Å². The normalized spacial score (nSPS) is 11.2. The predicted molar refractivity (Wildman–Crippen MR) is 114 cm³/mol. The van der Waals surface area contributed by atoms with Gasteiger partial charge < -0.3 is 18.3 Å². The molecule has 156 valence electrons. The second-order valence-corrected chi connectivity index (χ2v) is 7.08. The van der Waals surface area contributed by atoms with Gasteiger partial charge in [-0.25, -0.2) is 4.98 Å². The van der Waals surface area contributed by atoms with E-state index in [-0.39, 0.29) is 0 Å². The topological polar surface area (TPSA) is 87.8 Å². The third kappa shape index (κ3) is 3.22. The first-order chi connectivity index (χ1) is 15.1. The van der Waals surface area contributed by atoms with Crippen LogP contribution in [-0.4, -0.2) is 33.8 Å². The molecule has 8 heteroatoms. The fourth-order valence-electron chi connectivity index (χ4n) is 3.53. The third-order valence-corrected chi connectivity index (χ3v) is 5.02. The standard InChI is InChI=1S/C23H20N4O4/c1-13-5-8-19(30-13)21-22(20-9-6-14(2)31-20)27-12-17(24-23(27)26-25-21)16-11-15(28-3)7-10-18(16)29-4/h5-12H,1-4H3. The third-order valence-electron chi connectivity index (χ3n) is 5.02. The van der Waals surface area contributed by atoms with Crippen LogP contribution < -0.4 is 9.47 Å². The lowest BCUT2D eigenvalue weighted by Gasteiger charge is -2.08. The first kappa shape index (κ1) is 18.9. The molecule has 5 aromatic rings. The van der Waals surface area contributed by atoms with Crippen LogP contribution in [0.3, 0.4) is 0 Å². The summed E-state index contributed by atoms with van der Waals surface area (Å²) in [5, 5.41) is 8.75. The second kappa shape index (κ2) is 7.32. The van der Waals surface area contributed by atoms with Gasteiger partial charge in [-0.2, -0.15) is 0 Å². The van der Waals surface area contributed by atoms with Crippen molar-refractivity contribution in [2.24, 2.45) is 0 Å². The van der Waals surface area contributed by atoms with Crippen molar-refractivity contribution in [1.29, 1.82) is 0 Å². The summed E-state index contributed by atoms with van der Waals surface area (Å²) < 4.78 is 24.5. The SMILES string of the molecule is COc1ccc(OC)c(-c2cn3c(-c4ccc(C)o4)c(-c4ccc(C)o4)nnc3n2)c1. The molecule has 31 heavy (non-hydrogen) atoms. The van der Waals surface area contributed by atoms with Gasteiger partial charge in [0.15, 0.2) is 17.2 Å². The quantitative estimate of drug-likeness (QED) is 0.401. The van der Waals surface area contributed by atoms with Crippen molar-refractivity contribution in [3.05, 3.63) is 60.2 Å². The van der Waals surface area contributed by atoms with E-state index in [9.17, 15) is 0 Å². The number of fused-ring (bicyclic) bond motifs is 1. The van der Waals surface area contributed by atoms with E-state index in [1.807, 2.05) is 66.9 Å². The average molecular weight is 416 g/mol. The van der Waals surface area contributed by atoms with E-state index in [0.29, 0.717) is 45.9 Å². The Morgan fingerprint density at radius 3 is 2.23 bits per heavy atom. The zero-order valence-electron chi connectivity index (χ0n) is 17.5. The summed E-state index contributed by atoms with van der Waals surface area (Å²) >= 11 is 0. The first-order valence-electron chi connectivity index (χ1n) is 9.69. The molecule has 0 aliphatic carbocycles. The minimum atomic E-state index is 0.427. The molecule has 0 radical (unpaired) electrons. The van der Waals surface area contributed by atoms with E-state index < -0.39 is 0 Å². The van der Waals surface area contributed by atoms with E-state index in [4.69, 9.17) is 18.3 Å². The molecular weight excluding hydrogens is 396 g/mol. The number of ether oxygens (including phenoxy) is 2. The molecule has 0 bridgehead atoms. The maximum atomic E-state index is 5.94. The largest absolute Gasteiger partial charge is 0.497 e. The van der Waals surface area contributed by atoms with E-state index >= 15 is 0 Å². The molecule has 0 saturated carbocycles. The highest BCUT2D eigenvalue weighted by Gasteiger charge is 2.22. The van der Waals surface area contributed by atoms with Crippen molar-refractivity contribution < 1.29 is 18.3 Å². The number of aryl methyl sites for hydroxylation is 2. The number of imidazole rings is 1. The molecular formula is C23H20N4O4. The van der Waals surface area contributed by atoms with Gasteiger partial charge in [-0.3, -0.25) is 4.40 Å². The van der Waals surface area contributed by atoms with Gasteiger partial charge in [-0.1, -0.05) is 0 Å². The Hall–Kier alpha value is -4.07. The lowest BCUT2D eigenvalue weighted by atomic mass is 10.1. The summed E-state index contributed by atoms with van der Waals surface area (Å²) in [6.07, 6.45) is 1.88. The van der Waals surface area contributed by atoms with Gasteiger partial charge in [0.1, 0.15) is 28.7 Å². The van der Waals surface area contributed by atoms with Gasteiger partial charge in [0.05, 0.1) is 19.9 Å². The Morgan fingerprint density at radius 2 is 1.58 bits per heavy atom. The number of aromatic nitrogens is 4. The van der Waals surface area contributed by atoms with E-state index in [1.165, 1.54) is 0 Å². The molecule has 8 nitrogen and oxygen atoms in total. The lowest BCUT2D eigenvalue weighted by molar-refractivity contribution is 0.404. The van der Waals surface area contributed by atoms with Gasteiger partial charge in [0, 0.05) is 11.8 Å². The van der Waals surface area contributed by atoms with Gasteiger partial charge in [-0.15, -0.1) is 10.2 Å². The number of methoxy groups -OCH3 is 2. The van der Waals surface area contributed by atoms with Crippen LogP contribution in [0.15, 0.2) is 57.5 Å². The monoisotopic (exact) mass is 416 g/mol. The van der Waals surface area contributed by atoms with Crippen LogP contribution in [0.4, 0.5) is 0 Å². The minimum absolute atomic E-state index is 0.427. The molecule has 5 rings (SSSR count). The van der Waals surface area contributed by atoms with Crippen LogP contribution >= 0.6 is 0 Å². The highest BCUT2D eigenvalue weighted by molar-refractivity contribution is 5.77. The summed E-state index contributed by atoms with van der Waals surface area (Å²) in [5.41, 5.74) is 2.72. The van der Waals surface area contributed by atoms with E-state index in [2.05, 4.69) is 15.2 Å². The van der Waals surface area contributed by atoms with Crippen LogP contribution in [0, 0.1) is 13.8 Å². The molecule has 0 N–H and O–H groups in total. The molecule has 1 aromatic carbocycles. The van der Waals surface area contributed by atoms with Crippen LogP contribution in [0.5, 0.6) is 11.5 Å². The zero-order chi connectivity index (χ0) is 21.5. The minimum Gasteiger partial charge on any atom is -0.497 e. The zero-order valence-corrected chi connectivity index (χ0v) is 17.5. The second-order valence-electron chi connectivity index (χ2n) is 7.08. The Bertz CT molecular complexity index is 1400. The summed E-state index contributed by atoms with van der Waals surface area (Å²) in [6, 6.07) is 13.1. The number of rotatable bonds is 5. The Kier molecular flexibility index (Phi) is 4.47. The molecule has 0 aliphatic rings.